The van der Waals surface area contributed by atoms with Gasteiger partial charge in [-0.3, -0.25) is 4.79 Å². The van der Waals surface area contributed by atoms with E-state index in [-0.39, 0.29) is 0 Å². The summed E-state index contributed by atoms with van der Waals surface area (Å²) in [6.45, 7) is 1.69. The molecule has 25 heavy (non-hydrogen) atoms. The first kappa shape index (κ1) is 24.1. The van der Waals surface area contributed by atoms with Crippen molar-refractivity contribution in [1.29, 1.82) is 0 Å². The average molecular weight is 355 g/mol. The van der Waals surface area contributed by atoms with Crippen molar-refractivity contribution in [2.24, 2.45) is 0 Å². The van der Waals surface area contributed by atoms with Gasteiger partial charge in [0.1, 0.15) is 5.78 Å². The molecule has 0 radical (unpaired) electrons. The summed E-state index contributed by atoms with van der Waals surface area (Å²) in [6.07, 6.45) is 22.7. The number of carbonyl (C=O) groups is 2. The highest BCUT2D eigenvalue weighted by atomic mass is 16.4. The van der Waals surface area contributed by atoms with E-state index in [1.807, 2.05) is 0 Å². The third-order valence-electron chi connectivity index (χ3n) is 4.92. The Morgan fingerprint density at radius 1 is 0.480 bits per heavy atom. The second-order valence-corrected chi connectivity index (χ2v) is 7.61. The van der Waals surface area contributed by atoms with Crippen LogP contribution in [0.25, 0.3) is 0 Å². The summed E-state index contributed by atoms with van der Waals surface area (Å²) in [6, 6.07) is 0. The number of hydrogen-bond donors (Lipinski definition) is 1. The summed E-state index contributed by atoms with van der Waals surface area (Å²) in [7, 11) is 0. The van der Waals surface area contributed by atoms with Crippen molar-refractivity contribution >= 4 is 11.8 Å². The summed E-state index contributed by atoms with van der Waals surface area (Å²) < 4.78 is 0. The zero-order valence-electron chi connectivity index (χ0n) is 16.7. The molecule has 0 aromatic rings. The third kappa shape index (κ3) is 23.1. The van der Waals surface area contributed by atoms with E-state index in [0.29, 0.717) is 12.2 Å². The van der Waals surface area contributed by atoms with Gasteiger partial charge in [0.05, 0.1) is 0 Å². The zero-order valence-corrected chi connectivity index (χ0v) is 16.7. The van der Waals surface area contributed by atoms with E-state index in [0.717, 1.165) is 25.7 Å². The summed E-state index contributed by atoms with van der Waals surface area (Å²) in [5.74, 6) is -0.333. The van der Waals surface area contributed by atoms with Gasteiger partial charge >= 0.3 is 5.97 Å². The number of carboxylic acid groups (broad SMARTS) is 1. The Bertz CT molecular complexity index is 282. The molecule has 0 fully saturated rings. The lowest BCUT2D eigenvalue weighted by Gasteiger charge is -2.03. The molecule has 0 atom stereocenters. The number of hydrogen-bond acceptors (Lipinski definition) is 2. The molecule has 0 aromatic carbocycles. The molecule has 0 spiro atoms. The van der Waals surface area contributed by atoms with Crippen LogP contribution in [0.4, 0.5) is 0 Å². The predicted octanol–water partition coefficient (Wildman–Crippen LogP) is 7.07. The summed E-state index contributed by atoms with van der Waals surface area (Å²) in [4.78, 5) is 21.2. The highest BCUT2D eigenvalue weighted by molar-refractivity contribution is 5.75. The van der Waals surface area contributed by atoms with Crippen LogP contribution in [0.2, 0.25) is 0 Å². The van der Waals surface area contributed by atoms with E-state index >= 15 is 0 Å². The molecule has 0 unspecified atom stereocenters. The summed E-state index contributed by atoms with van der Waals surface area (Å²) in [5, 5.41) is 8.55. The third-order valence-corrected chi connectivity index (χ3v) is 4.92. The second kappa shape index (κ2) is 19.5. The Labute approximate surface area is 156 Å². The molecule has 3 heteroatoms. The molecular formula is C22H42O3. The molecule has 0 aliphatic carbocycles. The fourth-order valence-corrected chi connectivity index (χ4v) is 3.30. The van der Waals surface area contributed by atoms with Crippen molar-refractivity contribution in [3.63, 3.8) is 0 Å². The topological polar surface area (TPSA) is 54.4 Å². The van der Waals surface area contributed by atoms with Crippen LogP contribution in [0.1, 0.15) is 129 Å². The van der Waals surface area contributed by atoms with Crippen molar-refractivity contribution in [2.45, 2.75) is 129 Å². The lowest BCUT2D eigenvalue weighted by atomic mass is 10.0. The molecule has 0 aliphatic heterocycles. The number of unbranched alkanes of at least 4 members (excludes halogenated alkanes) is 16. The van der Waals surface area contributed by atoms with Crippen LogP contribution in [0.15, 0.2) is 0 Å². The molecule has 3 nitrogen and oxygen atoms in total. The zero-order chi connectivity index (χ0) is 18.6. The monoisotopic (exact) mass is 354 g/mol. The molecular weight excluding hydrogens is 312 g/mol. The molecule has 0 saturated heterocycles. The van der Waals surface area contributed by atoms with Gasteiger partial charge in [-0.2, -0.15) is 0 Å². The van der Waals surface area contributed by atoms with Crippen LogP contribution in [-0.4, -0.2) is 16.9 Å². The van der Waals surface area contributed by atoms with Gasteiger partial charge in [-0.15, -0.1) is 0 Å². The molecule has 1 N–H and O–H groups in total. The molecule has 0 amide bonds. The predicted molar refractivity (Wildman–Crippen MR) is 106 cm³/mol. The SMILES string of the molecule is CC(=O)CCCCCCCCCCCCCCCCCCCC(=O)O. The van der Waals surface area contributed by atoms with Crippen molar-refractivity contribution in [3.05, 3.63) is 0 Å². The van der Waals surface area contributed by atoms with Crippen molar-refractivity contribution in [2.75, 3.05) is 0 Å². The van der Waals surface area contributed by atoms with Gasteiger partial charge in [-0.05, 0) is 19.8 Å². The van der Waals surface area contributed by atoms with E-state index in [1.165, 1.54) is 89.9 Å². The van der Waals surface area contributed by atoms with Gasteiger partial charge in [0.15, 0.2) is 0 Å². The van der Waals surface area contributed by atoms with E-state index in [1.54, 1.807) is 6.92 Å². The summed E-state index contributed by atoms with van der Waals surface area (Å²) >= 11 is 0. The van der Waals surface area contributed by atoms with E-state index in [2.05, 4.69) is 0 Å². The number of Topliss-reactive ketones (excluding diaryl/α,β-unsaturated/α-hetero) is 1. The highest BCUT2D eigenvalue weighted by Crippen LogP contribution is 2.14. The number of carbonyl (C=O) groups excluding carboxylic acids is 1. The van der Waals surface area contributed by atoms with Gasteiger partial charge in [-0.25, -0.2) is 0 Å². The minimum absolute atomic E-state index is 0.329. The molecule has 0 saturated carbocycles. The van der Waals surface area contributed by atoms with E-state index in [4.69, 9.17) is 5.11 Å². The van der Waals surface area contributed by atoms with Crippen LogP contribution < -0.4 is 0 Å². The lowest BCUT2D eigenvalue weighted by molar-refractivity contribution is -0.137. The minimum atomic E-state index is -0.662. The van der Waals surface area contributed by atoms with Crippen molar-refractivity contribution in [3.8, 4) is 0 Å². The van der Waals surface area contributed by atoms with Crippen LogP contribution >= 0.6 is 0 Å². The first-order chi connectivity index (χ1) is 12.1. The highest BCUT2D eigenvalue weighted by Gasteiger charge is 1.97. The minimum Gasteiger partial charge on any atom is -0.481 e. The Hall–Kier alpha value is -0.860. The fraction of sp³-hybridized carbons (Fsp3) is 0.909. The Kier molecular flexibility index (Phi) is 18.8. The molecule has 0 rings (SSSR count). The summed E-state index contributed by atoms with van der Waals surface area (Å²) in [5.41, 5.74) is 0. The number of ketones is 1. The molecule has 0 heterocycles. The maximum absolute atomic E-state index is 10.8. The van der Waals surface area contributed by atoms with Crippen LogP contribution in [0, 0.1) is 0 Å². The molecule has 0 aliphatic rings. The number of carboxylic acids is 1. The van der Waals surface area contributed by atoms with Crippen LogP contribution in [-0.2, 0) is 9.59 Å². The average Bonchev–Trinajstić information content (AvgIpc) is 2.56. The Morgan fingerprint density at radius 3 is 0.960 bits per heavy atom. The lowest BCUT2D eigenvalue weighted by Crippen LogP contribution is -1.93. The number of rotatable bonds is 20. The smallest absolute Gasteiger partial charge is 0.303 e. The van der Waals surface area contributed by atoms with Crippen LogP contribution in [0.5, 0.6) is 0 Å². The van der Waals surface area contributed by atoms with Crippen molar-refractivity contribution in [1.82, 2.24) is 0 Å². The van der Waals surface area contributed by atoms with E-state index in [9.17, 15) is 9.59 Å². The second-order valence-electron chi connectivity index (χ2n) is 7.61. The van der Waals surface area contributed by atoms with Gasteiger partial charge in [0.25, 0.3) is 0 Å². The molecule has 0 bridgehead atoms. The largest absolute Gasteiger partial charge is 0.481 e. The maximum Gasteiger partial charge on any atom is 0.303 e. The first-order valence-electron chi connectivity index (χ1n) is 10.8. The van der Waals surface area contributed by atoms with Crippen molar-refractivity contribution < 1.29 is 14.7 Å². The maximum atomic E-state index is 10.8. The standard InChI is InChI=1S/C22H42O3/c1-21(23)19-17-15-13-11-9-7-5-3-2-4-6-8-10-12-14-16-18-20-22(24)25/h2-20H2,1H3,(H,24,25). The fourth-order valence-electron chi connectivity index (χ4n) is 3.30. The van der Waals surface area contributed by atoms with Gasteiger partial charge in [0, 0.05) is 12.8 Å². The quantitative estimate of drug-likeness (QED) is 0.238. The van der Waals surface area contributed by atoms with Gasteiger partial charge < -0.3 is 9.90 Å². The van der Waals surface area contributed by atoms with Crippen LogP contribution in [0.3, 0.4) is 0 Å². The van der Waals surface area contributed by atoms with Gasteiger partial charge in [-0.1, -0.05) is 96.3 Å². The molecule has 0 aromatic heterocycles. The Morgan fingerprint density at radius 2 is 0.720 bits per heavy atom. The normalized spacial score (nSPS) is 10.9. The molecule has 148 valence electrons. The van der Waals surface area contributed by atoms with E-state index < -0.39 is 5.97 Å². The first-order valence-corrected chi connectivity index (χ1v) is 10.8. The number of aliphatic carboxylic acids is 1. The van der Waals surface area contributed by atoms with Gasteiger partial charge in [0.2, 0.25) is 0 Å². The Balaban J connectivity index is 3.00.